The van der Waals surface area contributed by atoms with Crippen molar-refractivity contribution in [3.63, 3.8) is 0 Å². The Bertz CT molecular complexity index is 231. The Hall–Kier alpha value is -0.610. The Morgan fingerprint density at radius 1 is 1.60 bits per heavy atom. The van der Waals surface area contributed by atoms with E-state index in [1.165, 1.54) is 0 Å². The van der Waals surface area contributed by atoms with Crippen LogP contribution in [0.1, 0.15) is 27.2 Å². The summed E-state index contributed by atoms with van der Waals surface area (Å²) in [5.74, 6) is 0.623. The molecule has 0 aromatic rings. The predicted molar refractivity (Wildman–Crippen MR) is 59.4 cm³/mol. The van der Waals surface area contributed by atoms with E-state index in [2.05, 4.69) is 13.8 Å². The molecule has 0 aromatic heterocycles. The quantitative estimate of drug-likeness (QED) is 0.749. The van der Waals surface area contributed by atoms with Crippen LogP contribution in [0.3, 0.4) is 0 Å². The molecule has 1 unspecified atom stereocenters. The van der Waals surface area contributed by atoms with Crippen molar-refractivity contribution in [3.8, 4) is 0 Å². The third-order valence-electron chi connectivity index (χ3n) is 2.70. The number of hydrogen-bond acceptors (Lipinski definition) is 3. The molecule has 1 rings (SSSR count). The topological polar surface area (TPSA) is 55.6 Å². The third-order valence-corrected chi connectivity index (χ3v) is 2.70. The average Bonchev–Trinajstić information content (AvgIpc) is 2.17. The molecule has 1 amide bonds. The fraction of sp³-hybridized carbons (Fsp3) is 0.909. The van der Waals surface area contributed by atoms with Gasteiger partial charge in [-0.1, -0.05) is 13.8 Å². The molecule has 1 saturated heterocycles. The second-order valence-electron chi connectivity index (χ2n) is 4.92. The summed E-state index contributed by atoms with van der Waals surface area (Å²) in [6, 6.07) is 0. The van der Waals surface area contributed by atoms with Crippen molar-refractivity contribution >= 4 is 5.91 Å². The highest BCUT2D eigenvalue weighted by Crippen LogP contribution is 2.17. The number of amides is 1. The SMILES string of the molecule is CC(C)CC(=O)N1CCOC(C)(CN)C1. The number of hydrogen-bond donors (Lipinski definition) is 1. The van der Waals surface area contributed by atoms with Crippen molar-refractivity contribution < 1.29 is 9.53 Å². The molecule has 4 nitrogen and oxygen atoms in total. The third kappa shape index (κ3) is 3.47. The summed E-state index contributed by atoms with van der Waals surface area (Å²) in [6.45, 7) is 8.44. The Labute approximate surface area is 91.8 Å². The maximum Gasteiger partial charge on any atom is 0.223 e. The first-order valence-electron chi connectivity index (χ1n) is 5.58. The molecule has 1 aliphatic rings. The molecule has 4 heteroatoms. The number of rotatable bonds is 3. The lowest BCUT2D eigenvalue weighted by atomic mass is 10.0. The van der Waals surface area contributed by atoms with Crippen molar-refractivity contribution in [2.75, 3.05) is 26.2 Å². The lowest BCUT2D eigenvalue weighted by Gasteiger charge is -2.40. The maximum atomic E-state index is 11.8. The summed E-state index contributed by atoms with van der Waals surface area (Å²) in [5, 5.41) is 0. The molecule has 0 radical (unpaired) electrons. The summed E-state index contributed by atoms with van der Waals surface area (Å²) in [6.07, 6.45) is 0.612. The number of nitrogens with two attached hydrogens (primary N) is 1. The minimum Gasteiger partial charge on any atom is -0.370 e. The van der Waals surface area contributed by atoms with Gasteiger partial charge in [0.25, 0.3) is 0 Å². The van der Waals surface area contributed by atoms with Gasteiger partial charge in [-0.3, -0.25) is 4.79 Å². The highest BCUT2D eigenvalue weighted by atomic mass is 16.5. The number of morpholine rings is 1. The second-order valence-corrected chi connectivity index (χ2v) is 4.92. The van der Waals surface area contributed by atoms with Crippen LogP contribution in [-0.4, -0.2) is 42.6 Å². The first-order chi connectivity index (χ1) is 6.97. The molecule has 0 spiro atoms. The Balaban J connectivity index is 2.52. The van der Waals surface area contributed by atoms with Crippen molar-refractivity contribution in [2.24, 2.45) is 11.7 Å². The first-order valence-corrected chi connectivity index (χ1v) is 5.58. The van der Waals surface area contributed by atoms with E-state index in [1.54, 1.807) is 0 Å². The number of ether oxygens (including phenoxy) is 1. The van der Waals surface area contributed by atoms with Crippen molar-refractivity contribution in [2.45, 2.75) is 32.8 Å². The molecule has 1 atom stereocenters. The van der Waals surface area contributed by atoms with E-state index in [-0.39, 0.29) is 11.5 Å². The van der Waals surface area contributed by atoms with Crippen LogP contribution in [0, 0.1) is 5.92 Å². The molecule has 0 saturated carbocycles. The van der Waals surface area contributed by atoms with E-state index in [0.29, 0.717) is 38.6 Å². The summed E-state index contributed by atoms with van der Waals surface area (Å²) in [4.78, 5) is 13.7. The van der Waals surface area contributed by atoms with Gasteiger partial charge in [0.2, 0.25) is 5.91 Å². The molecular formula is C11H22N2O2. The maximum absolute atomic E-state index is 11.8. The van der Waals surface area contributed by atoms with Crippen LogP contribution in [-0.2, 0) is 9.53 Å². The molecule has 2 N–H and O–H groups in total. The number of nitrogens with zero attached hydrogens (tertiary/aromatic N) is 1. The minimum atomic E-state index is -0.356. The van der Waals surface area contributed by atoms with Crippen LogP contribution in [0.4, 0.5) is 0 Å². The Morgan fingerprint density at radius 3 is 2.80 bits per heavy atom. The number of carbonyl (C=O) groups excluding carboxylic acids is 1. The zero-order valence-corrected chi connectivity index (χ0v) is 9.95. The largest absolute Gasteiger partial charge is 0.370 e. The summed E-state index contributed by atoms with van der Waals surface area (Å²) < 4.78 is 5.58. The molecule has 1 heterocycles. The van der Waals surface area contributed by atoms with E-state index < -0.39 is 0 Å². The second kappa shape index (κ2) is 4.94. The lowest BCUT2D eigenvalue weighted by Crippen LogP contribution is -2.55. The van der Waals surface area contributed by atoms with E-state index >= 15 is 0 Å². The highest BCUT2D eigenvalue weighted by Gasteiger charge is 2.32. The molecule has 88 valence electrons. The van der Waals surface area contributed by atoms with Crippen LogP contribution in [0.15, 0.2) is 0 Å². The lowest BCUT2D eigenvalue weighted by molar-refractivity contribution is -0.147. The van der Waals surface area contributed by atoms with Gasteiger partial charge in [0.15, 0.2) is 0 Å². The van der Waals surface area contributed by atoms with E-state index in [4.69, 9.17) is 10.5 Å². The molecule has 0 aliphatic carbocycles. The zero-order valence-electron chi connectivity index (χ0n) is 9.95. The van der Waals surface area contributed by atoms with Gasteiger partial charge >= 0.3 is 0 Å². The normalized spacial score (nSPS) is 27.1. The van der Waals surface area contributed by atoms with Gasteiger partial charge in [0.1, 0.15) is 0 Å². The molecular weight excluding hydrogens is 192 g/mol. The van der Waals surface area contributed by atoms with E-state index in [9.17, 15) is 4.79 Å². The predicted octanol–water partition coefficient (Wildman–Crippen LogP) is 0.609. The van der Waals surface area contributed by atoms with E-state index in [1.807, 2.05) is 11.8 Å². The van der Waals surface area contributed by atoms with Crippen LogP contribution < -0.4 is 5.73 Å². The van der Waals surface area contributed by atoms with Gasteiger partial charge in [-0.2, -0.15) is 0 Å². The fourth-order valence-corrected chi connectivity index (χ4v) is 1.75. The monoisotopic (exact) mass is 214 g/mol. The van der Waals surface area contributed by atoms with Gasteiger partial charge in [-0.25, -0.2) is 0 Å². The molecule has 15 heavy (non-hydrogen) atoms. The highest BCUT2D eigenvalue weighted by molar-refractivity contribution is 5.76. The molecule has 0 aromatic carbocycles. The Kier molecular flexibility index (Phi) is 4.11. The zero-order chi connectivity index (χ0) is 11.5. The van der Waals surface area contributed by atoms with Crippen molar-refractivity contribution in [1.82, 2.24) is 4.90 Å². The smallest absolute Gasteiger partial charge is 0.223 e. The summed E-state index contributed by atoms with van der Waals surface area (Å²) in [7, 11) is 0. The summed E-state index contributed by atoms with van der Waals surface area (Å²) in [5.41, 5.74) is 5.28. The fourth-order valence-electron chi connectivity index (χ4n) is 1.75. The van der Waals surface area contributed by atoms with Gasteiger partial charge in [0, 0.05) is 19.5 Å². The van der Waals surface area contributed by atoms with Crippen molar-refractivity contribution in [3.05, 3.63) is 0 Å². The molecule has 0 bridgehead atoms. The molecule has 1 fully saturated rings. The van der Waals surface area contributed by atoms with Crippen LogP contribution in [0.25, 0.3) is 0 Å². The van der Waals surface area contributed by atoms with Gasteiger partial charge < -0.3 is 15.4 Å². The van der Waals surface area contributed by atoms with Crippen LogP contribution >= 0.6 is 0 Å². The Morgan fingerprint density at radius 2 is 2.27 bits per heavy atom. The van der Waals surface area contributed by atoms with Gasteiger partial charge in [-0.05, 0) is 12.8 Å². The summed E-state index contributed by atoms with van der Waals surface area (Å²) >= 11 is 0. The van der Waals surface area contributed by atoms with Crippen LogP contribution in [0.2, 0.25) is 0 Å². The minimum absolute atomic E-state index is 0.216. The van der Waals surface area contributed by atoms with Crippen molar-refractivity contribution in [1.29, 1.82) is 0 Å². The molecule has 1 aliphatic heterocycles. The van der Waals surface area contributed by atoms with Crippen LogP contribution in [0.5, 0.6) is 0 Å². The first kappa shape index (κ1) is 12.5. The number of carbonyl (C=O) groups is 1. The van der Waals surface area contributed by atoms with Gasteiger partial charge in [-0.15, -0.1) is 0 Å². The standard InChI is InChI=1S/C11H22N2O2/c1-9(2)6-10(14)13-4-5-15-11(3,7-12)8-13/h9H,4-8,12H2,1-3H3. The van der Waals surface area contributed by atoms with Gasteiger partial charge in [0.05, 0.1) is 18.8 Å². The van der Waals surface area contributed by atoms with E-state index in [0.717, 1.165) is 0 Å². The average molecular weight is 214 g/mol.